The fourth-order valence-corrected chi connectivity index (χ4v) is 2.67. The van der Waals surface area contributed by atoms with Gasteiger partial charge in [-0.1, -0.05) is 18.2 Å². The molecule has 0 amide bonds. The lowest BCUT2D eigenvalue weighted by Crippen LogP contribution is -2.15. The van der Waals surface area contributed by atoms with Gasteiger partial charge in [-0.25, -0.2) is 18.4 Å². The molecule has 0 saturated heterocycles. The average Bonchev–Trinajstić information content (AvgIpc) is 2.51. The summed E-state index contributed by atoms with van der Waals surface area (Å²) < 4.78 is 33.5. The molecule has 0 aromatic heterocycles. The van der Waals surface area contributed by atoms with E-state index in [1.807, 2.05) is 18.2 Å². The summed E-state index contributed by atoms with van der Waals surface area (Å²) in [4.78, 5) is 11.9. The highest BCUT2D eigenvalue weighted by molar-refractivity contribution is 9.10. The predicted molar refractivity (Wildman–Crippen MR) is 87.7 cm³/mol. The molecule has 122 valence electrons. The second-order valence-electron chi connectivity index (χ2n) is 4.48. The summed E-state index contributed by atoms with van der Waals surface area (Å²) in [6.45, 7) is 0.210. The lowest BCUT2D eigenvalue weighted by molar-refractivity contribution is 0.0449. The van der Waals surface area contributed by atoms with Crippen LogP contribution in [0.5, 0.6) is 5.75 Å². The van der Waals surface area contributed by atoms with Crippen molar-refractivity contribution >= 4 is 31.9 Å². The van der Waals surface area contributed by atoms with Crippen LogP contribution in [-0.4, -0.2) is 27.6 Å². The van der Waals surface area contributed by atoms with Gasteiger partial charge in [0.25, 0.3) is 0 Å². The van der Waals surface area contributed by atoms with Crippen molar-refractivity contribution in [3.8, 4) is 5.75 Å². The second-order valence-corrected chi connectivity index (χ2v) is 6.90. The number of hydrogen-bond acceptors (Lipinski definition) is 5. The average molecular weight is 400 g/mol. The number of carbonyl (C=O) groups is 1. The number of nitrogens with two attached hydrogens (primary N) is 1. The van der Waals surface area contributed by atoms with Crippen LogP contribution < -0.4 is 9.88 Å². The molecule has 23 heavy (non-hydrogen) atoms. The molecule has 0 aliphatic heterocycles. The van der Waals surface area contributed by atoms with E-state index in [9.17, 15) is 13.2 Å². The van der Waals surface area contributed by atoms with Crippen molar-refractivity contribution in [3.05, 3.63) is 58.6 Å². The number of halogens is 1. The summed E-state index contributed by atoms with van der Waals surface area (Å²) in [5.74, 6) is -0.0000105. The summed E-state index contributed by atoms with van der Waals surface area (Å²) in [5, 5.41) is 5.05. The largest absolute Gasteiger partial charge is 0.490 e. The zero-order valence-electron chi connectivity index (χ0n) is 11.9. The molecule has 2 aromatic carbocycles. The Hall–Kier alpha value is -1.90. The van der Waals surface area contributed by atoms with Crippen molar-refractivity contribution in [2.24, 2.45) is 5.14 Å². The molecule has 2 N–H and O–H groups in total. The molecule has 6 nitrogen and oxygen atoms in total. The molecular weight excluding hydrogens is 386 g/mol. The lowest BCUT2D eigenvalue weighted by atomic mass is 10.2. The Morgan fingerprint density at radius 3 is 2.43 bits per heavy atom. The Morgan fingerprint density at radius 1 is 1.09 bits per heavy atom. The first kappa shape index (κ1) is 17.5. The molecule has 2 aromatic rings. The molecule has 0 aliphatic carbocycles. The lowest BCUT2D eigenvalue weighted by Gasteiger charge is -2.09. The smallest absolute Gasteiger partial charge is 0.339 e. The van der Waals surface area contributed by atoms with E-state index in [1.165, 1.54) is 18.2 Å². The highest BCUT2D eigenvalue weighted by atomic mass is 79.9. The Labute approximate surface area is 142 Å². The first-order chi connectivity index (χ1) is 10.9. The van der Waals surface area contributed by atoms with Crippen LogP contribution in [0.25, 0.3) is 0 Å². The molecule has 0 bridgehead atoms. The minimum Gasteiger partial charge on any atom is -0.490 e. The molecule has 0 radical (unpaired) electrons. The zero-order chi connectivity index (χ0) is 16.9. The van der Waals surface area contributed by atoms with Gasteiger partial charge in [0.2, 0.25) is 10.0 Å². The minimum atomic E-state index is -3.89. The number of hydrogen-bond donors (Lipinski definition) is 1. The highest BCUT2D eigenvalue weighted by Crippen LogP contribution is 2.21. The molecular formula is C15H14BrNO5S. The maximum Gasteiger partial charge on any atom is 0.339 e. The monoisotopic (exact) mass is 399 g/mol. The van der Waals surface area contributed by atoms with Crippen molar-refractivity contribution in [3.63, 3.8) is 0 Å². The number of primary sulfonamides is 1. The van der Waals surface area contributed by atoms with Gasteiger partial charge in [0.15, 0.2) is 0 Å². The maximum absolute atomic E-state index is 12.0. The fraction of sp³-hybridized carbons (Fsp3) is 0.133. The Bertz CT molecular complexity index is 793. The van der Waals surface area contributed by atoms with Crippen LogP contribution in [-0.2, 0) is 14.8 Å². The third kappa shape index (κ3) is 5.05. The number of esters is 1. The molecule has 0 unspecified atom stereocenters. The van der Waals surface area contributed by atoms with E-state index in [0.29, 0.717) is 10.2 Å². The second kappa shape index (κ2) is 7.58. The number of benzene rings is 2. The molecule has 0 aliphatic rings. The first-order valence-corrected chi connectivity index (χ1v) is 8.89. The van der Waals surface area contributed by atoms with Crippen molar-refractivity contribution < 1.29 is 22.7 Å². The third-order valence-corrected chi connectivity index (χ3v) is 4.42. The molecule has 8 heteroatoms. The van der Waals surface area contributed by atoms with Crippen molar-refractivity contribution in [1.82, 2.24) is 0 Å². The van der Waals surface area contributed by atoms with E-state index in [4.69, 9.17) is 14.6 Å². The van der Waals surface area contributed by atoms with Gasteiger partial charge in [-0.15, -0.1) is 0 Å². The van der Waals surface area contributed by atoms with Crippen LogP contribution in [0.2, 0.25) is 0 Å². The Kier molecular flexibility index (Phi) is 5.75. The SMILES string of the molecule is NS(=O)(=O)c1ccc(Br)c(C(=O)OCCOc2ccccc2)c1. The maximum atomic E-state index is 12.0. The third-order valence-electron chi connectivity index (χ3n) is 2.81. The van der Waals surface area contributed by atoms with E-state index in [-0.39, 0.29) is 23.7 Å². The van der Waals surface area contributed by atoms with Crippen LogP contribution in [0.4, 0.5) is 0 Å². The summed E-state index contributed by atoms with van der Waals surface area (Å²) in [5.41, 5.74) is 0.0798. The van der Waals surface area contributed by atoms with E-state index >= 15 is 0 Å². The van der Waals surface area contributed by atoms with Crippen LogP contribution in [0, 0.1) is 0 Å². The number of carbonyl (C=O) groups excluding carboxylic acids is 1. The molecule has 0 saturated carbocycles. The van der Waals surface area contributed by atoms with Gasteiger partial charge in [0, 0.05) is 4.47 Å². The van der Waals surface area contributed by atoms with Crippen LogP contribution in [0.15, 0.2) is 57.9 Å². The van der Waals surface area contributed by atoms with Gasteiger partial charge < -0.3 is 9.47 Å². The van der Waals surface area contributed by atoms with Gasteiger partial charge in [-0.2, -0.15) is 0 Å². The van der Waals surface area contributed by atoms with E-state index < -0.39 is 16.0 Å². The highest BCUT2D eigenvalue weighted by Gasteiger charge is 2.16. The minimum absolute atomic E-state index is 0.0275. The molecule has 0 heterocycles. The van der Waals surface area contributed by atoms with Crippen LogP contribution in [0.1, 0.15) is 10.4 Å². The first-order valence-electron chi connectivity index (χ1n) is 6.55. The van der Waals surface area contributed by atoms with Crippen molar-refractivity contribution in [2.75, 3.05) is 13.2 Å². The number of sulfonamides is 1. The quantitative estimate of drug-likeness (QED) is 0.593. The van der Waals surface area contributed by atoms with Gasteiger partial charge in [-0.05, 0) is 46.3 Å². The fourth-order valence-electron chi connectivity index (χ4n) is 1.73. The zero-order valence-corrected chi connectivity index (χ0v) is 14.3. The van der Waals surface area contributed by atoms with E-state index in [2.05, 4.69) is 15.9 Å². The van der Waals surface area contributed by atoms with Crippen molar-refractivity contribution in [2.45, 2.75) is 4.90 Å². The summed E-state index contributed by atoms with van der Waals surface area (Å²) >= 11 is 3.18. The number of ether oxygens (including phenoxy) is 2. The van der Waals surface area contributed by atoms with Gasteiger partial charge in [0.1, 0.15) is 19.0 Å². The molecule has 0 atom stereocenters. The molecule has 0 spiro atoms. The molecule has 2 rings (SSSR count). The summed E-state index contributed by atoms with van der Waals surface area (Å²) in [6.07, 6.45) is 0. The van der Waals surface area contributed by atoms with Crippen molar-refractivity contribution in [1.29, 1.82) is 0 Å². The Morgan fingerprint density at radius 2 is 1.78 bits per heavy atom. The van der Waals surface area contributed by atoms with Gasteiger partial charge >= 0.3 is 5.97 Å². The number of rotatable bonds is 6. The summed E-state index contributed by atoms with van der Waals surface area (Å²) in [6, 6.07) is 13.0. The van der Waals surface area contributed by atoms with E-state index in [0.717, 1.165) is 0 Å². The van der Waals surface area contributed by atoms with Crippen LogP contribution in [0.3, 0.4) is 0 Å². The normalized spacial score (nSPS) is 11.0. The topological polar surface area (TPSA) is 95.7 Å². The van der Waals surface area contributed by atoms with Gasteiger partial charge in [0.05, 0.1) is 10.5 Å². The summed E-state index contributed by atoms with van der Waals surface area (Å²) in [7, 11) is -3.89. The number of para-hydroxylation sites is 1. The Balaban J connectivity index is 1.95. The standard InChI is InChI=1S/C15H14BrNO5S/c16-14-7-6-12(23(17,19)20)10-13(14)15(18)22-9-8-21-11-4-2-1-3-5-11/h1-7,10H,8-9H2,(H2,17,19,20). The van der Waals surface area contributed by atoms with E-state index in [1.54, 1.807) is 12.1 Å². The van der Waals surface area contributed by atoms with Crippen LogP contribution >= 0.6 is 15.9 Å². The predicted octanol–water partition coefficient (Wildman–Crippen LogP) is 2.33. The van der Waals surface area contributed by atoms with Gasteiger partial charge in [-0.3, -0.25) is 0 Å². The molecule has 0 fully saturated rings.